The zero-order valence-electron chi connectivity index (χ0n) is 12.4. The third-order valence-corrected chi connectivity index (χ3v) is 4.02. The molecule has 1 unspecified atom stereocenters. The van der Waals surface area contributed by atoms with Crippen molar-refractivity contribution < 1.29 is 0 Å². The standard InChI is InChI=1S/C15H28N4/c1-14(2)19(12-15-6-3-4-7-17-15)10-5-9-18-11-8-16-13-18/h8,11,13-15,17H,3-7,9-10,12H2,1-2H3. The molecule has 0 amide bonds. The summed E-state index contributed by atoms with van der Waals surface area (Å²) in [6, 6.07) is 1.33. The van der Waals surface area contributed by atoms with E-state index in [4.69, 9.17) is 0 Å². The van der Waals surface area contributed by atoms with Gasteiger partial charge >= 0.3 is 0 Å². The first-order chi connectivity index (χ1) is 9.25. The Morgan fingerprint density at radius 1 is 1.42 bits per heavy atom. The van der Waals surface area contributed by atoms with Crippen molar-refractivity contribution in [3.63, 3.8) is 0 Å². The molecule has 4 heteroatoms. The molecule has 0 bridgehead atoms. The number of rotatable bonds is 7. The van der Waals surface area contributed by atoms with Crippen LogP contribution in [-0.4, -0.2) is 46.2 Å². The molecule has 0 spiro atoms. The van der Waals surface area contributed by atoms with E-state index in [0.717, 1.165) is 6.54 Å². The van der Waals surface area contributed by atoms with E-state index in [1.54, 1.807) is 0 Å². The van der Waals surface area contributed by atoms with Gasteiger partial charge in [-0.1, -0.05) is 6.42 Å². The van der Waals surface area contributed by atoms with Crippen LogP contribution in [0.1, 0.15) is 39.5 Å². The Balaban J connectivity index is 1.72. The van der Waals surface area contributed by atoms with E-state index in [9.17, 15) is 0 Å². The van der Waals surface area contributed by atoms with Crippen molar-refractivity contribution in [1.29, 1.82) is 0 Å². The topological polar surface area (TPSA) is 33.1 Å². The normalized spacial score (nSPS) is 20.3. The number of hydrogen-bond donors (Lipinski definition) is 1. The van der Waals surface area contributed by atoms with Crippen LogP contribution >= 0.6 is 0 Å². The summed E-state index contributed by atoms with van der Waals surface area (Å²) in [7, 11) is 0. The van der Waals surface area contributed by atoms with Crippen molar-refractivity contribution in [2.45, 2.75) is 58.2 Å². The Hall–Kier alpha value is -0.870. The minimum atomic E-state index is 0.631. The maximum Gasteiger partial charge on any atom is 0.0945 e. The Morgan fingerprint density at radius 2 is 2.32 bits per heavy atom. The fourth-order valence-electron chi connectivity index (χ4n) is 2.80. The highest BCUT2D eigenvalue weighted by Gasteiger charge is 2.18. The molecule has 19 heavy (non-hydrogen) atoms. The lowest BCUT2D eigenvalue weighted by molar-refractivity contribution is 0.180. The highest BCUT2D eigenvalue weighted by molar-refractivity contribution is 4.78. The zero-order chi connectivity index (χ0) is 13.5. The quantitative estimate of drug-likeness (QED) is 0.819. The van der Waals surface area contributed by atoms with E-state index in [0.29, 0.717) is 12.1 Å². The van der Waals surface area contributed by atoms with Gasteiger partial charge in [-0.25, -0.2) is 4.98 Å². The summed E-state index contributed by atoms with van der Waals surface area (Å²) >= 11 is 0. The number of hydrogen-bond acceptors (Lipinski definition) is 3. The van der Waals surface area contributed by atoms with Crippen molar-refractivity contribution in [2.24, 2.45) is 0 Å². The third kappa shape index (κ3) is 4.96. The van der Waals surface area contributed by atoms with Crippen LogP contribution in [0.5, 0.6) is 0 Å². The van der Waals surface area contributed by atoms with E-state index in [1.807, 2.05) is 18.7 Å². The molecule has 1 aliphatic rings. The fraction of sp³-hybridized carbons (Fsp3) is 0.800. The van der Waals surface area contributed by atoms with Crippen molar-refractivity contribution in [3.8, 4) is 0 Å². The van der Waals surface area contributed by atoms with Crippen LogP contribution in [0.3, 0.4) is 0 Å². The average Bonchev–Trinajstić information content (AvgIpc) is 2.92. The summed E-state index contributed by atoms with van der Waals surface area (Å²) in [6.45, 7) is 9.25. The molecule has 0 saturated carbocycles. The summed E-state index contributed by atoms with van der Waals surface area (Å²) < 4.78 is 2.16. The number of nitrogens with one attached hydrogen (secondary N) is 1. The van der Waals surface area contributed by atoms with E-state index < -0.39 is 0 Å². The van der Waals surface area contributed by atoms with Gasteiger partial charge in [0.1, 0.15) is 0 Å². The predicted molar refractivity (Wildman–Crippen MR) is 79.2 cm³/mol. The van der Waals surface area contributed by atoms with Crippen molar-refractivity contribution in [3.05, 3.63) is 18.7 Å². The lowest BCUT2D eigenvalue weighted by Gasteiger charge is -2.33. The predicted octanol–water partition coefficient (Wildman–Crippen LogP) is 2.13. The number of aryl methyl sites for hydroxylation is 1. The zero-order valence-corrected chi connectivity index (χ0v) is 12.4. The molecule has 1 N–H and O–H groups in total. The second kappa shape index (κ2) is 7.65. The molecule has 1 atom stereocenters. The van der Waals surface area contributed by atoms with E-state index in [1.165, 1.54) is 45.3 Å². The molecule has 2 heterocycles. The lowest BCUT2D eigenvalue weighted by atomic mass is 10.0. The molecule has 1 aromatic rings. The van der Waals surface area contributed by atoms with Crippen LogP contribution in [0.2, 0.25) is 0 Å². The Kier molecular flexibility index (Phi) is 5.86. The first kappa shape index (κ1) is 14.5. The van der Waals surface area contributed by atoms with Gasteiger partial charge < -0.3 is 9.88 Å². The molecule has 1 fully saturated rings. The van der Waals surface area contributed by atoms with E-state index in [2.05, 4.69) is 33.6 Å². The number of imidazole rings is 1. The Labute approximate surface area is 117 Å². The SMILES string of the molecule is CC(C)N(CCCn1ccnc1)CC1CCCCN1. The smallest absolute Gasteiger partial charge is 0.0945 e. The van der Waals surface area contributed by atoms with Gasteiger partial charge in [-0.2, -0.15) is 0 Å². The largest absolute Gasteiger partial charge is 0.337 e. The van der Waals surface area contributed by atoms with Gasteiger partial charge in [-0.05, 0) is 39.7 Å². The minimum absolute atomic E-state index is 0.631. The van der Waals surface area contributed by atoms with Crippen LogP contribution < -0.4 is 5.32 Å². The molecule has 1 aliphatic heterocycles. The first-order valence-electron chi connectivity index (χ1n) is 7.69. The van der Waals surface area contributed by atoms with Crippen molar-refractivity contribution in [2.75, 3.05) is 19.6 Å². The van der Waals surface area contributed by atoms with Gasteiger partial charge in [0.25, 0.3) is 0 Å². The fourth-order valence-corrected chi connectivity index (χ4v) is 2.80. The van der Waals surface area contributed by atoms with Crippen molar-refractivity contribution in [1.82, 2.24) is 19.8 Å². The molecule has 1 aromatic heterocycles. The summed E-state index contributed by atoms with van der Waals surface area (Å²) in [4.78, 5) is 6.70. The highest BCUT2D eigenvalue weighted by Crippen LogP contribution is 2.11. The van der Waals surface area contributed by atoms with Crippen LogP contribution in [0.4, 0.5) is 0 Å². The number of piperidine rings is 1. The van der Waals surface area contributed by atoms with Gasteiger partial charge in [0.2, 0.25) is 0 Å². The second-order valence-corrected chi connectivity index (χ2v) is 5.89. The number of nitrogens with zero attached hydrogens (tertiary/aromatic N) is 3. The minimum Gasteiger partial charge on any atom is -0.337 e. The summed E-state index contributed by atoms with van der Waals surface area (Å²) in [5.74, 6) is 0. The van der Waals surface area contributed by atoms with Gasteiger partial charge in [-0.15, -0.1) is 0 Å². The van der Waals surface area contributed by atoms with Crippen molar-refractivity contribution >= 4 is 0 Å². The maximum absolute atomic E-state index is 4.09. The summed E-state index contributed by atoms with van der Waals surface area (Å²) in [6.07, 6.45) is 11.1. The first-order valence-corrected chi connectivity index (χ1v) is 7.69. The second-order valence-electron chi connectivity index (χ2n) is 5.89. The Morgan fingerprint density at radius 3 is 2.95 bits per heavy atom. The summed E-state index contributed by atoms with van der Waals surface area (Å²) in [5, 5.41) is 3.65. The molecular formula is C15H28N4. The van der Waals surface area contributed by atoms with Gasteiger partial charge in [0, 0.05) is 44.1 Å². The van der Waals surface area contributed by atoms with Crippen LogP contribution in [-0.2, 0) is 6.54 Å². The van der Waals surface area contributed by atoms with Gasteiger partial charge in [0.15, 0.2) is 0 Å². The summed E-state index contributed by atoms with van der Waals surface area (Å²) in [5.41, 5.74) is 0. The maximum atomic E-state index is 4.09. The molecule has 2 rings (SSSR count). The molecule has 0 aromatic carbocycles. The molecular weight excluding hydrogens is 236 g/mol. The van der Waals surface area contributed by atoms with E-state index >= 15 is 0 Å². The molecule has 108 valence electrons. The molecule has 0 aliphatic carbocycles. The van der Waals surface area contributed by atoms with Gasteiger partial charge in [-0.3, -0.25) is 4.90 Å². The van der Waals surface area contributed by atoms with Crippen LogP contribution in [0.15, 0.2) is 18.7 Å². The van der Waals surface area contributed by atoms with Gasteiger partial charge in [0.05, 0.1) is 6.33 Å². The molecule has 1 saturated heterocycles. The molecule has 0 radical (unpaired) electrons. The average molecular weight is 264 g/mol. The Bertz CT molecular complexity index is 328. The van der Waals surface area contributed by atoms with Crippen LogP contribution in [0, 0.1) is 0 Å². The highest BCUT2D eigenvalue weighted by atomic mass is 15.2. The number of aromatic nitrogens is 2. The molecule has 4 nitrogen and oxygen atoms in total. The monoisotopic (exact) mass is 264 g/mol. The lowest BCUT2D eigenvalue weighted by Crippen LogP contribution is -2.46. The van der Waals surface area contributed by atoms with Crippen LogP contribution in [0.25, 0.3) is 0 Å². The third-order valence-electron chi connectivity index (χ3n) is 4.02. The van der Waals surface area contributed by atoms with E-state index in [-0.39, 0.29) is 0 Å².